The van der Waals surface area contributed by atoms with Crippen molar-refractivity contribution in [2.75, 3.05) is 49.2 Å². The highest BCUT2D eigenvalue weighted by atomic mass is 16.8. The summed E-state index contributed by atoms with van der Waals surface area (Å²) in [7, 11) is 0. The molecule has 2 saturated heterocycles. The van der Waals surface area contributed by atoms with Crippen LogP contribution < -0.4 is 20.2 Å². The maximum Gasteiger partial charge on any atom is 0.350 e. The van der Waals surface area contributed by atoms with Gasteiger partial charge in [-0.15, -0.1) is 0 Å². The minimum absolute atomic E-state index is 0.0680. The maximum absolute atomic E-state index is 12.8. The Kier molecular flexibility index (Phi) is 8.54. The van der Waals surface area contributed by atoms with Crippen molar-refractivity contribution in [3.63, 3.8) is 0 Å². The zero-order valence-corrected chi connectivity index (χ0v) is 28.1. The monoisotopic (exact) mass is 676 g/mol. The molecule has 8 rings (SSSR count). The molecular formula is C36H40N10O4. The van der Waals surface area contributed by atoms with Crippen LogP contribution in [0.25, 0.3) is 16.6 Å². The first-order chi connectivity index (χ1) is 24.5. The van der Waals surface area contributed by atoms with E-state index in [2.05, 4.69) is 66.5 Å². The number of benzene rings is 3. The molecule has 2 aliphatic heterocycles. The first kappa shape index (κ1) is 31.8. The van der Waals surface area contributed by atoms with Gasteiger partial charge in [0, 0.05) is 48.5 Å². The van der Waals surface area contributed by atoms with Crippen LogP contribution in [0.2, 0.25) is 0 Å². The number of H-pyrrole nitrogens is 1. The fraction of sp³-hybridized carbons (Fsp3) is 0.361. The predicted molar refractivity (Wildman–Crippen MR) is 188 cm³/mol. The second kappa shape index (κ2) is 13.4. The summed E-state index contributed by atoms with van der Waals surface area (Å²) in [6.45, 7) is 8.66. The zero-order valence-electron chi connectivity index (χ0n) is 28.1. The Labute approximate surface area is 288 Å². The Balaban J connectivity index is 0.855. The second-order valence-electron chi connectivity index (χ2n) is 12.8. The van der Waals surface area contributed by atoms with Crippen LogP contribution in [0.5, 0.6) is 5.75 Å². The van der Waals surface area contributed by atoms with Crippen molar-refractivity contribution in [2.45, 2.75) is 44.7 Å². The number of aromatic amines is 1. The van der Waals surface area contributed by atoms with Gasteiger partial charge < -0.3 is 24.0 Å². The quantitative estimate of drug-likeness (QED) is 0.213. The topological polar surface area (TPSA) is 133 Å². The predicted octanol–water partition coefficient (Wildman–Crippen LogP) is 4.15. The first-order valence-electron chi connectivity index (χ1n) is 17.1. The Morgan fingerprint density at radius 3 is 2.30 bits per heavy atom. The number of aromatic nitrogens is 8. The molecule has 1 unspecified atom stereocenters. The summed E-state index contributed by atoms with van der Waals surface area (Å²) in [6.07, 6.45) is 7.24. The highest BCUT2D eigenvalue weighted by Crippen LogP contribution is 2.37. The van der Waals surface area contributed by atoms with Gasteiger partial charge in [-0.25, -0.2) is 14.0 Å². The lowest BCUT2D eigenvalue weighted by Gasteiger charge is -2.37. The maximum atomic E-state index is 12.8. The number of ether oxygens (including phenoxy) is 3. The fourth-order valence-electron chi connectivity index (χ4n) is 6.62. The van der Waals surface area contributed by atoms with E-state index in [9.17, 15) is 4.79 Å². The third-order valence-corrected chi connectivity index (χ3v) is 9.67. The smallest absolute Gasteiger partial charge is 0.350 e. The lowest BCUT2D eigenvalue weighted by atomic mass is 10.0. The molecule has 3 aromatic heterocycles. The molecule has 5 heterocycles. The Morgan fingerprint density at radius 1 is 0.920 bits per heavy atom. The van der Waals surface area contributed by atoms with E-state index in [0.29, 0.717) is 19.8 Å². The van der Waals surface area contributed by atoms with Gasteiger partial charge in [0.15, 0.2) is 0 Å². The molecule has 0 saturated carbocycles. The van der Waals surface area contributed by atoms with E-state index in [-0.39, 0.29) is 17.8 Å². The van der Waals surface area contributed by atoms with Gasteiger partial charge in [0.25, 0.3) is 0 Å². The molecule has 2 aliphatic rings. The fourth-order valence-corrected chi connectivity index (χ4v) is 6.62. The van der Waals surface area contributed by atoms with E-state index in [0.717, 1.165) is 71.9 Å². The SMILES string of the molecule is CCC(C)n1ncn(-c2ccc(N3CCN(c4ccc(OC[C@@H]5CO[C@@](Cn6nccn6)(c6ccc7[nH]ncc7c6)O5)cc4)CC3)cc2)c1=O. The van der Waals surface area contributed by atoms with Crippen LogP contribution in [-0.4, -0.2) is 85.0 Å². The highest BCUT2D eigenvalue weighted by Gasteiger charge is 2.45. The van der Waals surface area contributed by atoms with Gasteiger partial charge in [0.05, 0.1) is 42.4 Å². The van der Waals surface area contributed by atoms with Crippen molar-refractivity contribution in [1.82, 2.24) is 39.5 Å². The van der Waals surface area contributed by atoms with Crippen molar-refractivity contribution in [3.8, 4) is 11.4 Å². The Hall–Kier alpha value is -5.47. The van der Waals surface area contributed by atoms with Crippen LogP contribution >= 0.6 is 0 Å². The molecule has 14 nitrogen and oxygen atoms in total. The summed E-state index contributed by atoms with van der Waals surface area (Å²) in [5.74, 6) is -0.278. The summed E-state index contributed by atoms with van der Waals surface area (Å²) in [5.41, 5.74) is 4.82. The molecule has 1 N–H and O–H groups in total. The van der Waals surface area contributed by atoms with Crippen LogP contribution in [0.4, 0.5) is 11.4 Å². The summed E-state index contributed by atoms with van der Waals surface area (Å²) >= 11 is 0. The lowest BCUT2D eigenvalue weighted by molar-refractivity contribution is -0.192. The molecular weight excluding hydrogens is 636 g/mol. The van der Waals surface area contributed by atoms with E-state index in [4.69, 9.17) is 14.2 Å². The third kappa shape index (κ3) is 6.23. The minimum atomic E-state index is -1.05. The standard InChI is InChI=1S/C36H40N10O4/c1-3-26(2)46-35(47)44(25-40-46)31-7-5-29(6-8-31)42-16-18-43(19-17-42)30-9-11-32(12-10-30)48-22-33-23-49-36(50-33,24-45-38-14-15-39-45)28-4-13-34-27(20-28)21-37-41-34/h4-15,20-21,25-26,33H,3,16-19,22-24H2,1-2H3,(H,37,41)/t26?,33-,36-/m1/s1. The number of nitrogens with zero attached hydrogens (tertiary/aromatic N) is 9. The molecule has 0 spiro atoms. The summed E-state index contributed by atoms with van der Waals surface area (Å²) < 4.78 is 22.2. The number of piperazine rings is 1. The van der Waals surface area contributed by atoms with Crippen molar-refractivity contribution in [2.24, 2.45) is 0 Å². The Bertz CT molecular complexity index is 2080. The van der Waals surface area contributed by atoms with Gasteiger partial charge in [-0.1, -0.05) is 13.0 Å². The molecule has 0 aliphatic carbocycles. The number of nitrogens with one attached hydrogen (secondary N) is 1. The van der Waals surface area contributed by atoms with E-state index in [1.807, 2.05) is 49.4 Å². The largest absolute Gasteiger partial charge is 0.491 e. The van der Waals surface area contributed by atoms with Gasteiger partial charge in [0.1, 0.15) is 31.3 Å². The van der Waals surface area contributed by atoms with Gasteiger partial charge in [-0.3, -0.25) is 5.10 Å². The van der Waals surface area contributed by atoms with Gasteiger partial charge >= 0.3 is 5.69 Å². The molecule has 258 valence electrons. The molecule has 6 aromatic rings. The van der Waals surface area contributed by atoms with Crippen molar-refractivity contribution < 1.29 is 14.2 Å². The van der Waals surface area contributed by atoms with Crippen LogP contribution in [0.15, 0.2) is 96.4 Å². The highest BCUT2D eigenvalue weighted by molar-refractivity contribution is 5.78. The Morgan fingerprint density at radius 2 is 1.60 bits per heavy atom. The van der Waals surface area contributed by atoms with Gasteiger partial charge in [0.2, 0.25) is 5.79 Å². The molecule has 3 atom stereocenters. The van der Waals surface area contributed by atoms with Crippen LogP contribution in [0, 0.1) is 0 Å². The van der Waals surface area contributed by atoms with E-state index < -0.39 is 5.79 Å². The van der Waals surface area contributed by atoms with Crippen molar-refractivity contribution in [1.29, 1.82) is 0 Å². The van der Waals surface area contributed by atoms with E-state index in [1.54, 1.807) is 39.0 Å². The van der Waals surface area contributed by atoms with Crippen LogP contribution in [0.1, 0.15) is 31.9 Å². The minimum Gasteiger partial charge on any atom is -0.491 e. The second-order valence-corrected chi connectivity index (χ2v) is 12.8. The zero-order chi connectivity index (χ0) is 34.1. The van der Waals surface area contributed by atoms with E-state index in [1.165, 1.54) is 0 Å². The van der Waals surface area contributed by atoms with Gasteiger partial charge in [-0.05, 0) is 74.0 Å². The third-order valence-electron chi connectivity index (χ3n) is 9.67. The molecule has 3 aromatic carbocycles. The van der Waals surface area contributed by atoms with E-state index >= 15 is 0 Å². The summed E-state index contributed by atoms with van der Waals surface area (Å²) in [5, 5.41) is 21.0. The van der Waals surface area contributed by atoms with Crippen LogP contribution in [0.3, 0.4) is 0 Å². The summed E-state index contributed by atoms with van der Waals surface area (Å²) in [6, 6.07) is 22.4. The number of hydrogen-bond donors (Lipinski definition) is 1. The average molecular weight is 677 g/mol. The molecule has 0 amide bonds. The summed E-state index contributed by atoms with van der Waals surface area (Å²) in [4.78, 5) is 19.2. The van der Waals surface area contributed by atoms with Crippen molar-refractivity contribution >= 4 is 22.3 Å². The molecule has 2 fully saturated rings. The first-order valence-corrected chi connectivity index (χ1v) is 17.1. The normalized spacial score (nSPS) is 20.1. The molecule has 14 heteroatoms. The average Bonchev–Trinajstić information content (AvgIpc) is 3.99. The van der Waals surface area contributed by atoms with Gasteiger partial charge in [-0.2, -0.15) is 25.2 Å². The lowest BCUT2D eigenvalue weighted by Crippen LogP contribution is -2.46. The number of rotatable bonds is 11. The number of anilines is 2. The van der Waals surface area contributed by atoms with Crippen molar-refractivity contribution in [3.05, 3.63) is 108 Å². The molecule has 50 heavy (non-hydrogen) atoms. The number of hydrogen-bond acceptors (Lipinski definition) is 10. The molecule has 0 radical (unpaired) electrons. The van der Waals surface area contributed by atoms with Crippen LogP contribution in [-0.2, 0) is 21.8 Å². The molecule has 0 bridgehead atoms. The number of fused-ring (bicyclic) bond motifs is 1.